The SMILES string of the molecule is CCCCCCCCCCSCN1C(=O)c2ccccc2C1=O. The summed E-state index contributed by atoms with van der Waals surface area (Å²) in [7, 11) is 0. The van der Waals surface area contributed by atoms with E-state index in [1.54, 1.807) is 36.0 Å². The van der Waals surface area contributed by atoms with Crippen LogP contribution in [0.25, 0.3) is 0 Å². The van der Waals surface area contributed by atoms with E-state index in [1.807, 2.05) is 0 Å². The molecule has 0 fully saturated rings. The number of nitrogens with zero attached hydrogens (tertiary/aromatic N) is 1. The maximum absolute atomic E-state index is 12.2. The van der Waals surface area contributed by atoms with Crippen molar-refractivity contribution in [3.8, 4) is 0 Å². The standard InChI is InChI=1S/C19H27NO2S/c1-2-3-4-5-6-7-8-11-14-23-15-20-18(21)16-12-9-10-13-17(16)19(20)22/h9-10,12-13H,2-8,11,14-15H2,1H3. The van der Waals surface area contributed by atoms with E-state index in [1.165, 1.54) is 56.3 Å². The average Bonchev–Trinajstić information content (AvgIpc) is 2.81. The lowest BCUT2D eigenvalue weighted by atomic mass is 10.1. The number of thioether (sulfide) groups is 1. The minimum Gasteiger partial charge on any atom is -0.269 e. The third-order valence-corrected chi connectivity index (χ3v) is 5.26. The van der Waals surface area contributed by atoms with Crippen LogP contribution in [0, 0.1) is 0 Å². The van der Waals surface area contributed by atoms with Crippen molar-refractivity contribution in [2.24, 2.45) is 0 Å². The molecule has 0 radical (unpaired) electrons. The van der Waals surface area contributed by atoms with Crippen molar-refractivity contribution >= 4 is 23.6 Å². The fourth-order valence-electron chi connectivity index (χ4n) is 2.85. The molecule has 126 valence electrons. The van der Waals surface area contributed by atoms with Crippen molar-refractivity contribution in [3.63, 3.8) is 0 Å². The summed E-state index contributed by atoms with van der Waals surface area (Å²) in [6.07, 6.45) is 10.4. The number of imide groups is 1. The summed E-state index contributed by atoms with van der Waals surface area (Å²) in [5.41, 5.74) is 1.09. The molecule has 0 unspecified atom stereocenters. The summed E-state index contributed by atoms with van der Waals surface area (Å²) >= 11 is 1.68. The summed E-state index contributed by atoms with van der Waals surface area (Å²) in [6, 6.07) is 7.08. The molecule has 1 heterocycles. The van der Waals surface area contributed by atoms with E-state index in [0.29, 0.717) is 17.0 Å². The molecular weight excluding hydrogens is 306 g/mol. The molecule has 3 nitrogen and oxygen atoms in total. The van der Waals surface area contributed by atoms with Crippen LogP contribution in [0.4, 0.5) is 0 Å². The van der Waals surface area contributed by atoms with E-state index in [0.717, 1.165) is 5.75 Å². The van der Waals surface area contributed by atoms with E-state index in [4.69, 9.17) is 0 Å². The maximum atomic E-state index is 12.2. The molecular formula is C19H27NO2S. The van der Waals surface area contributed by atoms with Gasteiger partial charge in [-0.05, 0) is 24.3 Å². The van der Waals surface area contributed by atoms with Crippen molar-refractivity contribution < 1.29 is 9.59 Å². The number of rotatable bonds is 11. The number of fused-ring (bicyclic) bond motifs is 1. The predicted octanol–water partition coefficient (Wildman–Crippen LogP) is 5.11. The Kier molecular flexibility index (Phi) is 7.66. The maximum Gasteiger partial charge on any atom is 0.262 e. The average molecular weight is 333 g/mol. The first-order valence-corrected chi connectivity index (χ1v) is 9.94. The van der Waals surface area contributed by atoms with E-state index in [-0.39, 0.29) is 11.8 Å². The number of hydrogen-bond acceptors (Lipinski definition) is 3. The van der Waals surface area contributed by atoms with Gasteiger partial charge in [0.05, 0.1) is 17.0 Å². The lowest BCUT2D eigenvalue weighted by Gasteiger charge is -2.13. The van der Waals surface area contributed by atoms with Crippen LogP contribution >= 0.6 is 11.8 Å². The molecule has 1 aromatic carbocycles. The van der Waals surface area contributed by atoms with Crippen LogP contribution < -0.4 is 0 Å². The quantitative estimate of drug-likeness (QED) is 0.417. The molecule has 0 saturated heterocycles. The molecule has 0 bridgehead atoms. The van der Waals surface area contributed by atoms with Crippen LogP contribution in [-0.2, 0) is 0 Å². The summed E-state index contributed by atoms with van der Waals surface area (Å²) in [5.74, 6) is 1.20. The second-order valence-corrected chi connectivity index (χ2v) is 7.17. The van der Waals surface area contributed by atoms with Crippen LogP contribution in [0.3, 0.4) is 0 Å². The third kappa shape index (κ3) is 5.10. The number of benzene rings is 1. The van der Waals surface area contributed by atoms with Crippen LogP contribution in [0.2, 0.25) is 0 Å². The van der Waals surface area contributed by atoms with Gasteiger partial charge in [0.2, 0.25) is 0 Å². The van der Waals surface area contributed by atoms with Gasteiger partial charge >= 0.3 is 0 Å². The van der Waals surface area contributed by atoms with Gasteiger partial charge in [0.25, 0.3) is 11.8 Å². The molecule has 1 aliphatic rings. The molecule has 0 aliphatic carbocycles. The topological polar surface area (TPSA) is 37.4 Å². The van der Waals surface area contributed by atoms with E-state index < -0.39 is 0 Å². The van der Waals surface area contributed by atoms with Crippen molar-refractivity contribution in [1.29, 1.82) is 0 Å². The fourth-order valence-corrected chi connectivity index (χ4v) is 3.80. The van der Waals surface area contributed by atoms with Crippen LogP contribution in [0.5, 0.6) is 0 Å². The van der Waals surface area contributed by atoms with Crippen molar-refractivity contribution in [2.45, 2.75) is 58.3 Å². The first-order chi connectivity index (χ1) is 11.3. The zero-order chi connectivity index (χ0) is 16.5. The minimum absolute atomic E-state index is 0.144. The van der Waals surface area contributed by atoms with Gasteiger partial charge in [-0.25, -0.2) is 0 Å². The van der Waals surface area contributed by atoms with E-state index in [2.05, 4.69) is 6.92 Å². The Morgan fingerprint density at radius 3 is 1.91 bits per heavy atom. The summed E-state index contributed by atoms with van der Waals surface area (Å²) in [4.78, 5) is 25.8. The van der Waals surface area contributed by atoms with Gasteiger partial charge in [-0.15, -0.1) is 11.8 Å². The van der Waals surface area contributed by atoms with Crippen molar-refractivity contribution in [1.82, 2.24) is 4.90 Å². The molecule has 23 heavy (non-hydrogen) atoms. The molecule has 1 aromatic rings. The first kappa shape index (κ1) is 18.1. The van der Waals surface area contributed by atoms with Crippen LogP contribution in [-0.4, -0.2) is 28.3 Å². The van der Waals surface area contributed by atoms with Gasteiger partial charge in [0.1, 0.15) is 0 Å². The number of carbonyl (C=O) groups excluding carboxylic acids is 2. The Morgan fingerprint density at radius 2 is 1.35 bits per heavy atom. The largest absolute Gasteiger partial charge is 0.269 e. The highest BCUT2D eigenvalue weighted by molar-refractivity contribution is 7.99. The molecule has 0 aromatic heterocycles. The smallest absolute Gasteiger partial charge is 0.262 e. The number of hydrogen-bond donors (Lipinski definition) is 0. The second-order valence-electron chi connectivity index (χ2n) is 6.10. The Labute approximate surface area is 143 Å². The van der Waals surface area contributed by atoms with Gasteiger partial charge < -0.3 is 0 Å². The second kappa shape index (κ2) is 9.76. The third-order valence-electron chi connectivity index (χ3n) is 4.24. The van der Waals surface area contributed by atoms with Crippen LogP contribution in [0.15, 0.2) is 24.3 Å². The molecule has 0 spiro atoms. The summed E-state index contributed by atoms with van der Waals surface area (Å²) in [5, 5.41) is 0. The molecule has 4 heteroatoms. The van der Waals surface area contributed by atoms with E-state index >= 15 is 0 Å². The molecule has 2 amide bonds. The molecule has 0 saturated carbocycles. The minimum atomic E-state index is -0.144. The molecule has 1 aliphatic heterocycles. The molecule has 0 atom stereocenters. The number of carbonyl (C=O) groups is 2. The Morgan fingerprint density at radius 1 is 0.826 bits per heavy atom. The number of amides is 2. The highest BCUT2D eigenvalue weighted by Gasteiger charge is 2.34. The van der Waals surface area contributed by atoms with Gasteiger partial charge in [-0.1, -0.05) is 64.0 Å². The van der Waals surface area contributed by atoms with Crippen molar-refractivity contribution in [3.05, 3.63) is 35.4 Å². The van der Waals surface area contributed by atoms with Crippen LogP contribution in [0.1, 0.15) is 79.0 Å². The molecule has 2 rings (SSSR count). The summed E-state index contributed by atoms with van der Waals surface area (Å²) in [6.45, 7) is 2.24. The Hall–Kier alpha value is -1.29. The van der Waals surface area contributed by atoms with E-state index in [9.17, 15) is 9.59 Å². The fraction of sp³-hybridized carbons (Fsp3) is 0.579. The first-order valence-electron chi connectivity index (χ1n) is 8.78. The number of unbranched alkanes of at least 4 members (excludes halogenated alkanes) is 7. The lowest BCUT2D eigenvalue weighted by Crippen LogP contribution is -2.29. The van der Waals surface area contributed by atoms with Gasteiger partial charge in [-0.2, -0.15) is 0 Å². The highest BCUT2D eigenvalue weighted by Crippen LogP contribution is 2.24. The van der Waals surface area contributed by atoms with Crippen molar-refractivity contribution in [2.75, 3.05) is 11.6 Å². The predicted molar refractivity (Wildman–Crippen MR) is 96.9 cm³/mol. The monoisotopic (exact) mass is 333 g/mol. The summed E-state index contributed by atoms with van der Waals surface area (Å²) < 4.78 is 0. The Balaban J connectivity index is 1.57. The zero-order valence-corrected chi connectivity index (χ0v) is 14.9. The van der Waals surface area contributed by atoms with Gasteiger partial charge in [0.15, 0.2) is 0 Å². The highest BCUT2D eigenvalue weighted by atomic mass is 32.2. The zero-order valence-electron chi connectivity index (χ0n) is 14.1. The van der Waals surface area contributed by atoms with Gasteiger partial charge in [-0.3, -0.25) is 14.5 Å². The normalized spacial score (nSPS) is 13.7. The lowest BCUT2D eigenvalue weighted by molar-refractivity contribution is 0.0684. The molecule has 0 N–H and O–H groups in total. The van der Waals surface area contributed by atoms with Gasteiger partial charge in [0, 0.05) is 0 Å². The Bertz CT molecular complexity index is 495.